The van der Waals surface area contributed by atoms with E-state index in [9.17, 15) is 9.59 Å². The maximum absolute atomic E-state index is 12.0. The molecule has 0 spiro atoms. The first-order valence-corrected chi connectivity index (χ1v) is 5.80. The Morgan fingerprint density at radius 2 is 2.00 bits per heavy atom. The van der Waals surface area contributed by atoms with Gasteiger partial charge in [-0.1, -0.05) is 22.4 Å². The Balaban J connectivity index is 2.09. The van der Waals surface area contributed by atoms with Crippen LogP contribution in [0.5, 0.6) is 5.75 Å². The van der Waals surface area contributed by atoms with E-state index in [0.717, 1.165) is 0 Å². The molecule has 0 bridgehead atoms. The highest BCUT2D eigenvalue weighted by Crippen LogP contribution is 2.19. The number of carbonyl (C=O) groups is 2. The van der Waals surface area contributed by atoms with Crippen LogP contribution in [0.3, 0.4) is 0 Å². The SMILES string of the molecule is CC(=O)Oc1ccccc1C(=O)OCc1nonc1C. The van der Waals surface area contributed by atoms with E-state index in [1.54, 1.807) is 19.1 Å². The lowest BCUT2D eigenvalue weighted by atomic mass is 10.2. The van der Waals surface area contributed by atoms with Gasteiger partial charge in [-0.05, 0) is 19.1 Å². The normalized spacial score (nSPS) is 10.1. The van der Waals surface area contributed by atoms with Crippen LogP contribution in [0.25, 0.3) is 0 Å². The maximum Gasteiger partial charge on any atom is 0.342 e. The zero-order valence-electron chi connectivity index (χ0n) is 11.0. The summed E-state index contributed by atoms with van der Waals surface area (Å²) in [5.41, 5.74) is 1.14. The summed E-state index contributed by atoms with van der Waals surface area (Å²) in [6.07, 6.45) is 0. The largest absolute Gasteiger partial charge is 0.455 e. The molecule has 2 aromatic rings. The van der Waals surface area contributed by atoms with Crippen molar-refractivity contribution in [3.05, 3.63) is 41.2 Å². The van der Waals surface area contributed by atoms with Gasteiger partial charge < -0.3 is 9.47 Å². The van der Waals surface area contributed by atoms with E-state index in [1.807, 2.05) is 0 Å². The predicted octanol–water partition coefficient (Wildman–Crippen LogP) is 1.66. The van der Waals surface area contributed by atoms with E-state index in [1.165, 1.54) is 19.1 Å². The van der Waals surface area contributed by atoms with Gasteiger partial charge in [0, 0.05) is 6.92 Å². The minimum Gasteiger partial charge on any atom is -0.455 e. The molecule has 0 aliphatic heterocycles. The van der Waals surface area contributed by atoms with Gasteiger partial charge in [-0.25, -0.2) is 9.42 Å². The molecule has 7 heteroatoms. The molecule has 1 aromatic carbocycles. The number of rotatable bonds is 4. The van der Waals surface area contributed by atoms with Crippen LogP contribution in [0.4, 0.5) is 0 Å². The second kappa shape index (κ2) is 5.96. The Kier molecular flexibility index (Phi) is 4.09. The Hall–Kier alpha value is -2.70. The number of hydrogen-bond acceptors (Lipinski definition) is 7. The number of aromatic nitrogens is 2. The zero-order valence-corrected chi connectivity index (χ0v) is 11.0. The van der Waals surface area contributed by atoms with E-state index in [4.69, 9.17) is 9.47 Å². The standard InChI is InChI=1S/C13H12N2O5/c1-8-11(15-20-14-8)7-18-13(17)10-5-3-4-6-12(10)19-9(2)16/h3-6H,7H2,1-2H3. The topological polar surface area (TPSA) is 91.5 Å². The molecule has 0 saturated heterocycles. The molecule has 0 unspecified atom stereocenters. The number of aryl methyl sites for hydroxylation is 1. The summed E-state index contributed by atoms with van der Waals surface area (Å²) in [4.78, 5) is 22.9. The van der Waals surface area contributed by atoms with Crippen molar-refractivity contribution in [1.29, 1.82) is 0 Å². The minimum absolute atomic E-state index is 0.0669. The fourth-order valence-corrected chi connectivity index (χ4v) is 1.47. The average Bonchev–Trinajstić information content (AvgIpc) is 2.81. The zero-order chi connectivity index (χ0) is 14.5. The van der Waals surface area contributed by atoms with Gasteiger partial charge in [0.1, 0.15) is 29.3 Å². The lowest BCUT2D eigenvalue weighted by Gasteiger charge is -2.08. The van der Waals surface area contributed by atoms with Crippen molar-refractivity contribution in [3.63, 3.8) is 0 Å². The highest BCUT2D eigenvalue weighted by atomic mass is 16.6. The molecule has 2 rings (SSSR count). The Morgan fingerprint density at radius 3 is 2.65 bits per heavy atom. The summed E-state index contributed by atoms with van der Waals surface area (Å²) in [7, 11) is 0. The van der Waals surface area contributed by atoms with Gasteiger partial charge >= 0.3 is 11.9 Å². The van der Waals surface area contributed by atoms with Gasteiger partial charge in [-0.3, -0.25) is 4.79 Å². The van der Waals surface area contributed by atoms with Gasteiger partial charge in [-0.2, -0.15) is 0 Å². The van der Waals surface area contributed by atoms with Crippen LogP contribution in [-0.4, -0.2) is 22.3 Å². The Bertz CT molecular complexity index is 635. The Morgan fingerprint density at radius 1 is 1.25 bits per heavy atom. The van der Waals surface area contributed by atoms with Crippen LogP contribution in [0.1, 0.15) is 28.7 Å². The molecule has 1 aromatic heterocycles. The van der Waals surface area contributed by atoms with E-state index >= 15 is 0 Å². The number of hydrogen-bond donors (Lipinski definition) is 0. The molecule has 0 saturated carbocycles. The van der Waals surface area contributed by atoms with Crippen LogP contribution in [0.2, 0.25) is 0 Å². The summed E-state index contributed by atoms with van der Waals surface area (Å²) in [5.74, 6) is -0.981. The van der Waals surface area contributed by atoms with Crippen molar-refractivity contribution >= 4 is 11.9 Å². The van der Waals surface area contributed by atoms with Gasteiger partial charge in [0.25, 0.3) is 0 Å². The van der Waals surface area contributed by atoms with E-state index in [2.05, 4.69) is 14.9 Å². The van der Waals surface area contributed by atoms with Crippen molar-refractivity contribution in [2.45, 2.75) is 20.5 Å². The summed E-state index contributed by atoms with van der Waals surface area (Å²) >= 11 is 0. The van der Waals surface area contributed by atoms with Crippen molar-refractivity contribution < 1.29 is 23.7 Å². The van der Waals surface area contributed by atoms with Crippen molar-refractivity contribution in [2.75, 3.05) is 0 Å². The van der Waals surface area contributed by atoms with E-state index < -0.39 is 11.9 Å². The first kappa shape index (κ1) is 13.7. The molecule has 0 aliphatic carbocycles. The summed E-state index contributed by atoms with van der Waals surface area (Å²) in [5, 5.41) is 7.18. The third-order valence-corrected chi connectivity index (χ3v) is 2.45. The van der Waals surface area contributed by atoms with Crippen molar-refractivity contribution in [3.8, 4) is 5.75 Å². The third kappa shape index (κ3) is 3.19. The first-order valence-electron chi connectivity index (χ1n) is 5.80. The monoisotopic (exact) mass is 276 g/mol. The number of ether oxygens (including phenoxy) is 2. The molecule has 0 radical (unpaired) electrons. The number of para-hydroxylation sites is 1. The average molecular weight is 276 g/mol. The molecule has 0 aliphatic rings. The molecule has 0 fully saturated rings. The smallest absolute Gasteiger partial charge is 0.342 e. The molecule has 0 amide bonds. The highest BCUT2D eigenvalue weighted by Gasteiger charge is 2.16. The van der Waals surface area contributed by atoms with Gasteiger partial charge in [0.05, 0.1) is 0 Å². The van der Waals surface area contributed by atoms with Gasteiger partial charge in [-0.15, -0.1) is 0 Å². The second-order valence-corrected chi connectivity index (χ2v) is 3.96. The molecule has 104 valence electrons. The van der Waals surface area contributed by atoms with Crippen LogP contribution >= 0.6 is 0 Å². The Labute approximate surface area is 114 Å². The molecule has 20 heavy (non-hydrogen) atoms. The molecular formula is C13H12N2O5. The van der Waals surface area contributed by atoms with Crippen molar-refractivity contribution in [1.82, 2.24) is 10.3 Å². The molecular weight excluding hydrogens is 264 g/mol. The fourth-order valence-electron chi connectivity index (χ4n) is 1.47. The summed E-state index contributed by atoms with van der Waals surface area (Å²) in [6.45, 7) is 2.88. The van der Waals surface area contributed by atoms with Crippen LogP contribution in [-0.2, 0) is 16.1 Å². The first-order chi connectivity index (χ1) is 9.58. The molecule has 7 nitrogen and oxygen atoms in total. The second-order valence-electron chi connectivity index (χ2n) is 3.96. The molecule has 0 N–H and O–H groups in total. The predicted molar refractivity (Wildman–Crippen MR) is 65.9 cm³/mol. The summed E-state index contributed by atoms with van der Waals surface area (Å²) in [6, 6.07) is 6.32. The lowest BCUT2D eigenvalue weighted by Crippen LogP contribution is -2.10. The number of carbonyl (C=O) groups excluding carboxylic acids is 2. The maximum atomic E-state index is 12.0. The van der Waals surface area contributed by atoms with Crippen molar-refractivity contribution in [2.24, 2.45) is 0 Å². The molecule has 1 heterocycles. The number of nitrogens with zero attached hydrogens (tertiary/aromatic N) is 2. The van der Waals surface area contributed by atoms with Gasteiger partial charge in [0.2, 0.25) is 0 Å². The quantitative estimate of drug-likeness (QED) is 0.619. The van der Waals surface area contributed by atoms with Crippen LogP contribution in [0.15, 0.2) is 28.9 Å². The minimum atomic E-state index is -0.621. The van der Waals surface area contributed by atoms with Crippen LogP contribution in [0, 0.1) is 6.92 Å². The number of esters is 2. The number of benzene rings is 1. The van der Waals surface area contributed by atoms with Crippen LogP contribution < -0.4 is 4.74 Å². The lowest BCUT2D eigenvalue weighted by molar-refractivity contribution is -0.131. The summed E-state index contributed by atoms with van der Waals surface area (Å²) < 4.78 is 14.5. The fraction of sp³-hybridized carbons (Fsp3) is 0.231. The third-order valence-electron chi connectivity index (χ3n) is 2.45. The highest BCUT2D eigenvalue weighted by molar-refractivity contribution is 5.93. The molecule has 0 atom stereocenters. The van der Waals surface area contributed by atoms with E-state index in [-0.39, 0.29) is 17.9 Å². The van der Waals surface area contributed by atoms with E-state index in [0.29, 0.717) is 11.4 Å². The van der Waals surface area contributed by atoms with Gasteiger partial charge in [0.15, 0.2) is 0 Å².